The van der Waals surface area contributed by atoms with Crippen LogP contribution in [0.5, 0.6) is 0 Å². The molecule has 3 unspecified atom stereocenters. The molecule has 3 atom stereocenters. The number of hydrogen-bond donors (Lipinski definition) is 1. The Morgan fingerprint density at radius 2 is 2.32 bits per heavy atom. The molecule has 1 aromatic heterocycles. The smallest absolute Gasteiger partial charge is 0.217 e. The van der Waals surface area contributed by atoms with Gasteiger partial charge in [-0.05, 0) is 48.8 Å². The molecule has 2 N–H and O–H groups in total. The van der Waals surface area contributed by atoms with Crippen LogP contribution in [0.3, 0.4) is 0 Å². The maximum Gasteiger partial charge on any atom is 0.217 e. The Balaban J connectivity index is 1.85. The third-order valence-corrected chi connectivity index (χ3v) is 4.21. The van der Waals surface area contributed by atoms with Gasteiger partial charge in [-0.25, -0.2) is 0 Å². The summed E-state index contributed by atoms with van der Waals surface area (Å²) in [5.74, 6) is 2.24. The molecule has 1 aromatic carbocycles. The van der Waals surface area contributed by atoms with Gasteiger partial charge in [0.25, 0.3) is 0 Å². The fourth-order valence-corrected chi connectivity index (χ4v) is 3.20. The highest BCUT2D eigenvalue weighted by Gasteiger charge is 2.43. The number of rotatable bonds is 4. The molecule has 1 heterocycles. The maximum atomic E-state index is 11.0. The highest BCUT2D eigenvalue weighted by Crippen LogP contribution is 2.54. The van der Waals surface area contributed by atoms with Gasteiger partial charge in [0, 0.05) is 11.8 Å². The molecule has 1 fully saturated rings. The zero-order valence-electron chi connectivity index (χ0n) is 11.3. The number of nitrogens with two attached hydrogens (primary N) is 1. The Hall–Kier alpha value is -1.77. The highest BCUT2D eigenvalue weighted by molar-refractivity contribution is 5.82. The average molecular weight is 257 g/mol. The number of hydrogen-bond acceptors (Lipinski definition) is 2. The minimum absolute atomic E-state index is 0.199. The summed E-state index contributed by atoms with van der Waals surface area (Å²) < 4.78 is 5.67. The number of fused-ring (bicyclic) bond motifs is 1. The lowest BCUT2D eigenvalue weighted by atomic mass is 9.96. The van der Waals surface area contributed by atoms with E-state index in [0.29, 0.717) is 24.2 Å². The number of carbonyl (C=O) groups is 1. The summed E-state index contributed by atoms with van der Waals surface area (Å²) in [4.78, 5) is 11.0. The molecule has 1 aliphatic carbocycles. The van der Waals surface area contributed by atoms with Gasteiger partial charge < -0.3 is 10.2 Å². The van der Waals surface area contributed by atoms with E-state index in [4.69, 9.17) is 10.2 Å². The van der Waals surface area contributed by atoms with Gasteiger partial charge in [-0.15, -0.1) is 0 Å². The van der Waals surface area contributed by atoms with Gasteiger partial charge in [-0.3, -0.25) is 4.79 Å². The number of amides is 1. The van der Waals surface area contributed by atoms with E-state index in [2.05, 4.69) is 25.1 Å². The normalized spacial score (nSPS) is 23.5. The lowest BCUT2D eigenvalue weighted by Gasteiger charge is -2.08. The van der Waals surface area contributed by atoms with Gasteiger partial charge in [0.05, 0.1) is 0 Å². The van der Waals surface area contributed by atoms with Crippen molar-refractivity contribution in [2.24, 2.45) is 17.6 Å². The first-order valence-electron chi connectivity index (χ1n) is 6.83. The summed E-state index contributed by atoms with van der Waals surface area (Å²) in [5, 5.41) is 1.22. The lowest BCUT2D eigenvalue weighted by Crippen LogP contribution is -2.16. The summed E-state index contributed by atoms with van der Waals surface area (Å²) in [6.07, 6.45) is 1.64. The average Bonchev–Trinajstić information content (AvgIpc) is 3.02. The van der Waals surface area contributed by atoms with Crippen LogP contribution < -0.4 is 5.73 Å². The third-order valence-electron chi connectivity index (χ3n) is 4.21. The number of aryl methyl sites for hydroxylation is 1. The Morgan fingerprint density at radius 3 is 3.05 bits per heavy atom. The molecule has 100 valence electrons. The summed E-state index contributed by atoms with van der Waals surface area (Å²) in [5.41, 5.74) is 7.60. The Labute approximate surface area is 112 Å². The maximum absolute atomic E-state index is 11.0. The van der Waals surface area contributed by atoms with Crippen molar-refractivity contribution in [1.82, 2.24) is 0 Å². The second kappa shape index (κ2) is 4.41. The lowest BCUT2D eigenvalue weighted by molar-refractivity contribution is -0.118. The highest BCUT2D eigenvalue weighted by atomic mass is 16.3. The standard InChI is InChI=1S/C16H19NO2/c1-9(6-16(17)18)12-8-13(12)11-4-3-5-15-14(11)7-10(2)19-15/h3-5,7,9,12-13H,6,8H2,1-2H3,(H2,17,18). The third kappa shape index (κ3) is 2.25. The first kappa shape index (κ1) is 12.3. The van der Waals surface area contributed by atoms with Crippen LogP contribution in [0.2, 0.25) is 0 Å². The summed E-state index contributed by atoms with van der Waals surface area (Å²) in [7, 11) is 0. The zero-order chi connectivity index (χ0) is 13.6. The Morgan fingerprint density at radius 1 is 1.53 bits per heavy atom. The Kier molecular flexibility index (Phi) is 2.85. The molecule has 0 spiro atoms. The number of carbonyl (C=O) groups excluding carboxylic acids is 1. The van der Waals surface area contributed by atoms with E-state index in [1.165, 1.54) is 10.9 Å². The van der Waals surface area contributed by atoms with Crippen molar-refractivity contribution in [2.45, 2.75) is 32.6 Å². The van der Waals surface area contributed by atoms with E-state index in [-0.39, 0.29) is 5.91 Å². The van der Waals surface area contributed by atoms with E-state index in [9.17, 15) is 4.79 Å². The fourth-order valence-electron chi connectivity index (χ4n) is 3.20. The van der Waals surface area contributed by atoms with Crippen LogP contribution in [0, 0.1) is 18.8 Å². The fraction of sp³-hybridized carbons (Fsp3) is 0.438. The van der Waals surface area contributed by atoms with E-state index in [1.54, 1.807) is 0 Å². The minimum Gasteiger partial charge on any atom is -0.461 e. The van der Waals surface area contributed by atoms with Crippen molar-refractivity contribution >= 4 is 16.9 Å². The molecule has 19 heavy (non-hydrogen) atoms. The van der Waals surface area contributed by atoms with Crippen molar-refractivity contribution in [1.29, 1.82) is 0 Å². The van der Waals surface area contributed by atoms with Crippen LogP contribution in [-0.2, 0) is 4.79 Å². The zero-order valence-corrected chi connectivity index (χ0v) is 11.3. The van der Waals surface area contributed by atoms with Crippen molar-refractivity contribution in [2.75, 3.05) is 0 Å². The summed E-state index contributed by atoms with van der Waals surface area (Å²) >= 11 is 0. The van der Waals surface area contributed by atoms with Crippen LogP contribution >= 0.6 is 0 Å². The van der Waals surface area contributed by atoms with Crippen LogP contribution in [0.1, 0.15) is 37.0 Å². The van der Waals surface area contributed by atoms with Gasteiger partial charge in [0.15, 0.2) is 0 Å². The van der Waals surface area contributed by atoms with E-state index >= 15 is 0 Å². The van der Waals surface area contributed by atoms with E-state index in [0.717, 1.165) is 17.8 Å². The van der Waals surface area contributed by atoms with Crippen molar-refractivity contribution < 1.29 is 9.21 Å². The molecule has 3 nitrogen and oxygen atoms in total. The van der Waals surface area contributed by atoms with Crippen LogP contribution in [-0.4, -0.2) is 5.91 Å². The van der Waals surface area contributed by atoms with Gasteiger partial charge in [-0.1, -0.05) is 19.1 Å². The first-order chi connectivity index (χ1) is 9.06. The van der Waals surface area contributed by atoms with Crippen molar-refractivity contribution in [3.05, 3.63) is 35.6 Å². The van der Waals surface area contributed by atoms with Gasteiger partial charge in [0.1, 0.15) is 11.3 Å². The summed E-state index contributed by atoms with van der Waals surface area (Å²) in [6.45, 7) is 4.10. The number of benzene rings is 1. The predicted molar refractivity (Wildman–Crippen MR) is 74.8 cm³/mol. The van der Waals surface area contributed by atoms with Gasteiger partial charge >= 0.3 is 0 Å². The molecular weight excluding hydrogens is 238 g/mol. The molecule has 0 aliphatic heterocycles. The molecule has 1 saturated carbocycles. The first-order valence-corrected chi connectivity index (χ1v) is 6.83. The van der Waals surface area contributed by atoms with Crippen LogP contribution in [0.25, 0.3) is 11.0 Å². The Bertz CT molecular complexity index is 629. The molecule has 3 heteroatoms. The van der Waals surface area contributed by atoms with Crippen molar-refractivity contribution in [3.8, 4) is 0 Å². The quantitative estimate of drug-likeness (QED) is 0.913. The number of furan rings is 1. The monoisotopic (exact) mass is 257 g/mol. The molecule has 0 bridgehead atoms. The van der Waals surface area contributed by atoms with Crippen LogP contribution in [0.4, 0.5) is 0 Å². The SMILES string of the molecule is Cc1cc2c(C3CC3C(C)CC(N)=O)cccc2o1. The minimum atomic E-state index is -0.199. The topological polar surface area (TPSA) is 56.2 Å². The van der Waals surface area contributed by atoms with Gasteiger partial charge in [-0.2, -0.15) is 0 Å². The molecule has 2 aromatic rings. The molecule has 0 radical (unpaired) electrons. The number of primary amides is 1. The summed E-state index contributed by atoms with van der Waals surface area (Å²) in [6, 6.07) is 8.35. The second-order valence-electron chi connectivity index (χ2n) is 5.77. The molecule has 1 aliphatic rings. The predicted octanol–water partition coefficient (Wildman–Crippen LogP) is 3.36. The molecule has 0 saturated heterocycles. The largest absolute Gasteiger partial charge is 0.461 e. The van der Waals surface area contributed by atoms with Crippen molar-refractivity contribution in [3.63, 3.8) is 0 Å². The van der Waals surface area contributed by atoms with E-state index < -0.39 is 0 Å². The molecular formula is C16H19NO2. The molecule has 1 amide bonds. The van der Waals surface area contributed by atoms with Gasteiger partial charge in [0.2, 0.25) is 5.91 Å². The van der Waals surface area contributed by atoms with E-state index in [1.807, 2.05) is 13.0 Å². The molecule has 3 rings (SSSR count). The second-order valence-corrected chi connectivity index (χ2v) is 5.77. The van der Waals surface area contributed by atoms with Crippen LogP contribution in [0.15, 0.2) is 28.7 Å².